The third-order valence-corrected chi connectivity index (χ3v) is 4.01. The van der Waals surface area contributed by atoms with Crippen molar-refractivity contribution in [2.75, 3.05) is 12.4 Å². The molecule has 0 radical (unpaired) electrons. The van der Waals surface area contributed by atoms with Crippen molar-refractivity contribution in [3.8, 4) is 17.2 Å². The number of aromatic nitrogens is 4. The van der Waals surface area contributed by atoms with Crippen LogP contribution < -0.4 is 14.8 Å². The summed E-state index contributed by atoms with van der Waals surface area (Å²) < 4.78 is 36.5. The fraction of sp³-hybridized carbons (Fsp3) is 0.158. The Hall–Kier alpha value is -3.82. The monoisotopic (exact) mass is 401 g/mol. The van der Waals surface area contributed by atoms with Gasteiger partial charge in [-0.15, -0.1) is 5.10 Å². The number of rotatable bonds is 7. The summed E-state index contributed by atoms with van der Waals surface area (Å²) >= 11 is 0. The minimum Gasteiger partial charge on any atom is -0.493 e. The predicted molar refractivity (Wildman–Crippen MR) is 101 cm³/mol. The van der Waals surface area contributed by atoms with Gasteiger partial charge in [0.05, 0.1) is 12.8 Å². The minimum atomic E-state index is -3.02. The maximum absolute atomic E-state index is 12.7. The van der Waals surface area contributed by atoms with Gasteiger partial charge in [0.15, 0.2) is 11.5 Å². The van der Waals surface area contributed by atoms with Crippen LogP contribution in [0.15, 0.2) is 48.8 Å². The molecule has 0 aliphatic carbocycles. The van der Waals surface area contributed by atoms with Gasteiger partial charge in [-0.2, -0.15) is 8.78 Å². The van der Waals surface area contributed by atoms with E-state index in [0.29, 0.717) is 11.4 Å². The number of amides is 1. The number of tetrazole rings is 1. The molecule has 0 aliphatic heterocycles. The number of anilines is 1. The Morgan fingerprint density at radius 2 is 2.03 bits per heavy atom. The molecule has 0 atom stereocenters. The van der Waals surface area contributed by atoms with Crippen LogP contribution in [0.1, 0.15) is 11.1 Å². The molecule has 0 saturated heterocycles. The molecule has 0 spiro atoms. The van der Waals surface area contributed by atoms with Crippen LogP contribution in [0.2, 0.25) is 0 Å². The molecule has 1 heterocycles. The molecule has 3 aromatic rings. The lowest BCUT2D eigenvalue weighted by Crippen LogP contribution is -2.10. The van der Waals surface area contributed by atoms with Crippen LogP contribution in [-0.4, -0.2) is 39.8 Å². The first-order valence-electron chi connectivity index (χ1n) is 8.43. The third kappa shape index (κ3) is 4.72. The molecule has 1 aromatic heterocycles. The molecule has 0 saturated carbocycles. The molecule has 1 N–H and O–H groups in total. The average Bonchev–Trinajstić information content (AvgIpc) is 3.23. The van der Waals surface area contributed by atoms with Crippen molar-refractivity contribution in [3.63, 3.8) is 0 Å². The third-order valence-electron chi connectivity index (χ3n) is 4.01. The molecule has 1 amide bonds. The van der Waals surface area contributed by atoms with E-state index in [1.807, 2.05) is 6.92 Å². The highest BCUT2D eigenvalue weighted by molar-refractivity contribution is 6.02. The van der Waals surface area contributed by atoms with Crippen LogP contribution in [0.4, 0.5) is 14.5 Å². The van der Waals surface area contributed by atoms with Crippen LogP contribution in [0.5, 0.6) is 11.5 Å². The summed E-state index contributed by atoms with van der Waals surface area (Å²) in [5, 5.41) is 13.8. The summed E-state index contributed by atoms with van der Waals surface area (Å²) in [6, 6.07) is 9.91. The molecule has 0 fully saturated rings. The van der Waals surface area contributed by atoms with Gasteiger partial charge in [0.25, 0.3) is 0 Å². The zero-order valence-electron chi connectivity index (χ0n) is 15.5. The Balaban J connectivity index is 1.80. The highest BCUT2D eigenvalue weighted by Gasteiger charge is 2.14. The van der Waals surface area contributed by atoms with Gasteiger partial charge in [-0.05, 0) is 47.2 Å². The van der Waals surface area contributed by atoms with Crippen molar-refractivity contribution in [1.29, 1.82) is 0 Å². The smallest absolute Gasteiger partial charge is 0.387 e. The summed E-state index contributed by atoms with van der Waals surface area (Å²) in [7, 11) is 1.34. The number of methoxy groups -OCH3 is 1. The summed E-state index contributed by atoms with van der Waals surface area (Å²) in [5.41, 5.74) is 2.29. The second-order valence-corrected chi connectivity index (χ2v) is 5.78. The van der Waals surface area contributed by atoms with E-state index in [0.717, 1.165) is 5.56 Å². The lowest BCUT2D eigenvalue weighted by Gasteiger charge is -2.12. The normalized spacial score (nSPS) is 11.1. The molecule has 150 valence electrons. The SMILES string of the molecule is COc1cccc(/C=C/C(=O)Nc2cccc(-n3cnnn3)c2C)c1OC(F)F. The van der Waals surface area contributed by atoms with Crippen LogP contribution in [0.3, 0.4) is 0 Å². The lowest BCUT2D eigenvalue weighted by atomic mass is 10.1. The predicted octanol–water partition coefficient (Wildman–Crippen LogP) is 3.23. The summed E-state index contributed by atoms with van der Waals surface area (Å²) in [4.78, 5) is 12.4. The van der Waals surface area contributed by atoms with Crippen molar-refractivity contribution < 1.29 is 23.0 Å². The zero-order chi connectivity index (χ0) is 20.8. The molecule has 8 nitrogen and oxygen atoms in total. The molecule has 0 aliphatic rings. The van der Waals surface area contributed by atoms with E-state index >= 15 is 0 Å². The number of benzene rings is 2. The minimum absolute atomic E-state index is 0.137. The van der Waals surface area contributed by atoms with E-state index < -0.39 is 12.5 Å². The highest BCUT2D eigenvalue weighted by atomic mass is 19.3. The van der Waals surface area contributed by atoms with Gasteiger partial charge < -0.3 is 14.8 Å². The summed E-state index contributed by atoms with van der Waals surface area (Å²) in [6.45, 7) is -1.21. The Labute approximate surface area is 164 Å². The Kier molecular flexibility index (Phi) is 6.12. The number of carbonyl (C=O) groups is 1. The number of nitrogens with zero attached hydrogens (tertiary/aromatic N) is 4. The quantitative estimate of drug-likeness (QED) is 0.611. The van der Waals surface area contributed by atoms with Crippen molar-refractivity contribution in [2.24, 2.45) is 0 Å². The molecule has 0 bridgehead atoms. The maximum Gasteiger partial charge on any atom is 0.387 e. The number of alkyl halides is 2. The Bertz CT molecular complexity index is 1020. The number of halogens is 2. The van der Waals surface area contributed by atoms with Gasteiger partial charge in [-0.3, -0.25) is 4.79 Å². The molecule has 10 heteroatoms. The second kappa shape index (κ2) is 8.91. The van der Waals surface area contributed by atoms with Crippen LogP contribution in [-0.2, 0) is 4.79 Å². The van der Waals surface area contributed by atoms with Crippen LogP contribution in [0, 0.1) is 6.92 Å². The fourth-order valence-electron chi connectivity index (χ4n) is 2.66. The lowest BCUT2D eigenvalue weighted by molar-refractivity contribution is -0.111. The van der Waals surface area contributed by atoms with E-state index in [1.54, 1.807) is 24.3 Å². The Morgan fingerprint density at radius 3 is 2.72 bits per heavy atom. The van der Waals surface area contributed by atoms with E-state index in [2.05, 4.69) is 25.6 Å². The van der Waals surface area contributed by atoms with Crippen LogP contribution >= 0.6 is 0 Å². The average molecular weight is 401 g/mol. The first kappa shape index (κ1) is 19.9. The molecule has 0 unspecified atom stereocenters. The molecule has 2 aromatic carbocycles. The first-order valence-corrected chi connectivity index (χ1v) is 8.43. The van der Waals surface area contributed by atoms with Gasteiger partial charge in [-0.25, -0.2) is 4.68 Å². The van der Waals surface area contributed by atoms with Crippen molar-refractivity contribution in [1.82, 2.24) is 20.2 Å². The van der Waals surface area contributed by atoms with E-state index in [4.69, 9.17) is 4.74 Å². The number of nitrogens with one attached hydrogen (secondary N) is 1. The maximum atomic E-state index is 12.7. The van der Waals surface area contributed by atoms with Crippen molar-refractivity contribution >= 4 is 17.7 Å². The topological polar surface area (TPSA) is 91.2 Å². The summed E-state index contributed by atoms with van der Waals surface area (Å²) in [5.74, 6) is -0.462. The van der Waals surface area contributed by atoms with Gasteiger partial charge in [-0.1, -0.05) is 18.2 Å². The van der Waals surface area contributed by atoms with E-state index in [1.165, 1.54) is 42.4 Å². The standard InChI is InChI=1S/C19H17F2N5O3/c1-12-14(6-4-7-15(12)26-11-22-24-25-26)23-17(27)10-9-13-5-3-8-16(28-2)18(13)29-19(20)21/h3-11,19H,1-2H3,(H,23,27)/b10-9+. The number of hydrogen-bond acceptors (Lipinski definition) is 6. The zero-order valence-corrected chi connectivity index (χ0v) is 15.5. The van der Waals surface area contributed by atoms with E-state index in [-0.39, 0.29) is 17.1 Å². The molecular formula is C19H17F2N5O3. The number of carbonyl (C=O) groups excluding carboxylic acids is 1. The van der Waals surface area contributed by atoms with Crippen LogP contribution in [0.25, 0.3) is 11.8 Å². The number of hydrogen-bond donors (Lipinski definition) is 1. The van der Waals surface area contributed by atoms with Gasteiger partial charge in [0.2, 0.25) is 5.91 Å². The molecular weight excluding hydrogens is 384 g/mol. The highest BCUT2D eigenvalue weighted by Crippen LogP contribution is 2.33. The largest absolute Gasteiger partial charge is 0.493 e. The van der Waals surface area contributed by atoms with Gasteiger partial charge in [0, 0.05) is 17.3 Å². The van der Waals surface area contributed by atoms with E-state index in [9.17, 15) is 13.6 Å². The fourth-order valence-corrected chi connectivity index (χ4v) is 2.66. The van der Waals surface area contributed by atoms with Crippen molar-refractivity contribution in [2.45, 2.75) is 13.5 Å². The molecule has 3 rings (SSSR count). The van der Waals surface area contributed by atoms with Gasteiger partial charge in [0.1, 0.15) is 6.33 Å². The number of ether oxygens (including phenoxy) is 2. The van der Waals surface area contributed by atoms with Crippen molar-refractivity contribution in [3.05, 3.63) is 59.9 Å². The summed E-state index contributed by atoms with van der Waals surface area (Å²) in [6.07, 6.45) is 4.04. The second-order valence-electron chi connectivity index (χ2n) is 5.78. The number of para-hydroxylation sites is 1. The van der Waals surface area contributed by atoms with Gasteiger partial charge >= 0.3 is 6.61 Å². The first-order chi connectivity index (χ1) is 14.0. The molecule has 29 heavy (non-hydrogen) atoms. The Morgan fingerprint density at radius 1 is 1.24 bits per heavy atom.